The van der Waals surface area contributed by atoms with Crippen molar-refractivity contribution < 1.29 is 4.42 Å². The highest BCUT2D eigenvalue weighted by Gasteiger charge is 2.04. The number of hydrogen-bond donors (Lipinski definition) is 1. The Bertz CT molecular complexity index is 662. The van der Waals surface area contributed by atoms with E-state index in [1.165, 1.54) is 6.39 Å². The Morgan fingerprint density at radius 1 is 1.18 bits per heavy atom. The zero-order chi connectivity index (χ0) is 11.7. The Hall–Kier alpha value is -2.27. The van der Waals surface area contributed by atoms with E-state index in [2.05, 4.69) is 15.0 Å². The minimum absolute atomic E-state index is 0.332. The quantitative estimate of drug-likeness (QED) is 0.720. The highest BCUT2D eigenvalue weighted by atomic mass is 16.3. The number of oxazole rings is 1. The van der Waals surface area contributed by atoms with E-state index in [0.29, 0.717) is 12.4 Å². The lowest BCUT2D eigenvalue weighted by molar-refractivity contribution is 0.602. The summed E-state index contributed by atoms with van der Waals surface area (Å²) in [6, 6.07) is 7.60. The predicted molar refractivity (Wildman–Crippen MR) is 62.9 cm³/mol. The van der Waals surface area contributed by atoms with E-state index in [9.17, 15) is 0 Å². The zero-order valence-corrected chi connectivity index (χ0v) is 9.00. The van der Waals surface area contributed by atoms with Crippen molar-refractivity contribution in [2.75, 3.05) is 0 Å². The van der Waals surface area contributed by atoms with Crippen LogP contribution >= 0.6 is 0 Å². The van der Waals surface area contributed by atoms with Gasteiger partial charge < -0.3 is 10.2 Å². The molecule has 0 aliphatic carbocycles. The molecule has 0 spiro atoms. The van der Waals surface area contributed by atoms with Crippen LogP contribution < -0.4 is 5.73 Å². The summed E-state index contributed by atoms with van der Waals surface area (Å²) in [5, 5.41) is 0. The lowest BCUT2D eigenvalue weighted by Crippen LogP contribution is -2.02. The largest absolute Gasteiger partial charge is 0.443 e. The van der Waals surface area contributed by atoms with Gasteiger partial charge in [0.25, 0.3) is 0 Å². The average Bonchev–Trinajstić information content (AvgIpc) is 2.86. The van der Waals surface area contributed by atoms with Crippen LogP contribution in [0.2, 0.25) is 0 Å². The second-order valence-corrected chi connectivity index (χ2v) is 3.60. The zero-order valence-electron chi connectivity index (χ0n) is 9.00. The average molecular weight is 226 g/mol. The third-order valence-corrected chi connectivity index (χ3v) is 2.52. The Morgan fingerprint density at radius 2 is 2.12 bits per heavy atom. The van der Waals surface area contributed by atoms with Gasteiger partial charge in [-0.1, -0.05) is 6.07 Å². The highest BCUT2D eigenvalue weighted by molar-refractivity contribution is 5.78. The molecule has 0 fully saturated rings. The molecular weight excluding hydrogens is 216 g/mol. The molecule has 0 saturated heterocycles. The van der Waals surface area contributed by atoms with Gasteiger partial charge in [-0.2, -0.15) is 0 Å². The monoisotopic (exact) mass is 226 g/mol. The molecule has 0 radical (unpaired) electrons. The number of rotatable bonds is 2. The normalized spacial score (nSPS) is 10.9. The molecule has 0 amide bonds. The molecule has 2 heterocycles. The van der Waals surface area contributed by atoms with Crippen molar-refractivity contribution in [1.29, 1.82) is 0 Å². The summed E-state index contributed by atoms with van der Waals surface area (Å²) in [5.41, 5.74) is 8.89. The van der Waals surface area contributed by atoms with Gasteiger partial charge >= 0.3 is 0 Å². The van der Waals surface area contributed by atoms with Gasteiger partial charge in [0.15, 0.2) is 12.0 Å². The first-order valence-electron chi connectivity index (χ1n) is 5.22. The Balaban J connectivity index is 2.12. The maximum Gasteiger partial charge on any atom is 0.181 e. The first kappa shape index (κ1) is 9.92. The van der Waals surface area contributed by atoms with Gasteiger partial charge in [-0.05, 0) is 18.2 Å². The Morgan fingerprint density at radius 3 is 3.00 bits per heavy atom. The lowest BCUT2D eigenvalue weighted by Gasteiger charge is -2.01. The van der Waals surface area contributed by atoms with E-state index in [-0.39, 0.29) is 0 Å². The Kier molecular flexibility index (Phi) is 2.31. The molecule has 1 aromatic carbocycles. The molecule has 5 nitrogen and oxygen atoms in total. The minimum Gasteiger partial charge on any atom is -0.443 e. The van der Waals surface area contributed by atoms with Gasteiger partial charge in [0.1, 0.15) is 11.3 Å². The summed E-state index contributed by atoms with van der Waals surface area (Å²) in [6.07, 6.45) is 3.13. The molecule has 5 heteroatoms. The summed E-state index contributed by atoms with van der Waals surface area (Å²) in [5.74, 6) is 0.625. The molecule has 3 aromatic rings. The summed E-state index contributed by atoms with van der Waals surface area (Å²) in [6.45, 7) is 0.332. The first-order valence-corrected chi connectivity index (χ1v) is 5.22. The molecule has 0 saturated carbocycles. The van der Waals surface area contributed by atoms with Crippen LogP contribution in [0.5, 0.6) is 0 Å². The smallest absolute Gasteiger partial charge is 0.181 e. The number of fused-ring (bicyclic) bond motifs is 1. The van der Waals surface area contributed by atoms with Crippen LogP contribution in [0.4, 0.5) is 0 Å². The third kappa shape index (κ3) is 1.76. The van der Waals surface area contributed by atoms with Crippen molar-refractivity contribution in [2.45, 2.75) is 6.54 Å². The van der Waals surface area contributed by atoms with Crippen LogP contribution in [0.15, 0.2) is 41.3 Å². The van der Waals surface area contributed by atoms with E-state index >= 15 is 0 Å². The molecule has 84 valence electrons. The van der Waals surface area contributed by atoms with Crippen LogP contribution in [0.25, 0.3) is 22.4 Å². The minimum atomic E-state index is 0.332. The molecular formula is C12H10N4O. The number of nitrogens with zero attached hydrogens (tertiary/aromatic N) is 3. The van der Waals surface area contributed by atoms with E-state index in [1.54, 1.807) is 6.20 Å². The van der Waals surface area contributed by atoms with E-state index in [1.807, 2.05) is 24.3 Å². The number of nitrogens with two attached hydrogens (primary N) is 1. The van der Waals surface area contributed by atoms with Crippen molar-refractivity contribution in [2.24, 2.45) is 5.73 Å². The van der Waals surface area contributed by atoms with Crippen LogP contribution in [0.3, 0.4) is 0 Å². The summed E-state index contributed by atoms with van der Waals surface area (Å²) >= 11 is 0. The third-order valence-electron chi connectivity index (χ3n) is 2.52. The summed E-state index contributed by atoms with van der Waals surface area (Å²) < 4.78 is 5.26. The van der Waals surface area contributed by atoms with Crippen LogP contribution in [-0.2, 0) is 6.54 Å². The summed E-state index contributed by atoms with van der Waals surface area (Å²) in [4.78, 5) is 12.5. The van der Waals surface area contributed by atoms with Gasteiger partial charge in [0.05, 0.1) is 12.2 Å². The van der Waals surface area contributed by atoms with E-state index in [0.717, 1.165) is 22.4 Å². The molecule has 17 heavy (non-hydrogen) atoms. The second-order valence-electron chi connectivity index (χ2n) is 3.60. The molecule has 2 N–H and O–H groups in total. The van der Waals surface area contributed by atoms with E-state index < -0.39 is 0 Å². The maximum absolute atomic E-state index is 5.52. The fraction of sp³-hybridized carbons (Fsp3) is 0.0833. The van der Waals surface area contributed by atoms with Crippen LogP contribution in [0.1, 0.15) is 5.82 Å². The van der Waals surface area contributed by atoms with Gasteiger partial charge in [-0.3, -0.25) is 0 Å². The number of aromatic nitrogens is 3. The molecule has 0 aliphatic heterocycles. The molecule has 0 unspecified atom stereocenters. The van der Waals surface area contributed by atoms with Crippen molar-refractivity contribution >= 4 is 11.1 Å². The molecule has 3 rings (SSSR count). The first-order chi connectivity index (χ1) is 8.36. The maximum atomic E-state index is 5.52. The number of hydrogen-bond acceptors (Lipinski definition) is 5. The van der Waals surface area contributed by atoms with Crippen LogP contribution in [0, 0.1) is 0 Å². The standard InChI is InChI=1S/C12H10N4O/c13-6-12-14-4-3-9(16-12)8-1-2-10-11(5-8)17-7-15-10/h1-5,7H,6,13H2. The van der Waals surface area contributed by atoms with Gasteiger partial charge in [-0.15, -0.1) is 0 Å². The fourth-order valence-corrected chi connectivity index (χ4v) is 1.67. The van der Waals surface area contributed by atoms with Crippen molar-refractivity contribution in [3.63, 3.8) is 0 Å². The van der Waals surface area contributed by atoms with Gasteiger partial charge in [0.2, 0.25) is 0 Å². The SMILES string of the molecule is NCc1nccc(-c2ccc3ncoc3c2)n1. The topological polar surface area (TPSA) is 77.8 Å². The molecule has 0 bridgehead atoms. The highest BCUT2D eigenvalue weighted by Crippen LogP contribution is 2.22. The van der Waals surface area contributed by atoms with Gasteiger partial charge in [0, 0.05) is 11.8 Å². The second kappa shape index (κ2) is 3.95. The van der Waals surface area contributed by atoms with Crippen molar-refractivity contribution in [1.82, 2.24) is 15.0 Å². The molecule has 0 aliphatic rings. The molecule has 0 atom stereocenters. The van der Waals surface area contributed by atoms with Crippen LogP contribution in [-0.4, -0.2) is 15.0 Å². The molecule has 2 aromatic heterocycles. The predicted octanol–water partition coefficient (Wildman–Crippen LogP) is 1.74. The van der Waals surface area contributed by atoms with Crippen molar-refractivity contribution in [3.05, 3.63) is 42.7 Å². The lowest BCUT2D eigenvalue weighted by atomic mass is 10.1. The van der Waals surface area contributed by atoms with E-state index in [4.69, 9.17) is 10.2 Å². The van der Waals surface area contributed by atoms with Crippen molar-refractivity contribution in [3.8, 4) is 11.3 Å². The number of benzene rings is 1. The Labute approximate surface area is 97.3 Å². The summed E-state index contributed by atoms with van der Waals surface area (Å²) in [7, 11) is 0. The fourth-order valence-electron chi connectivity index (χ4n) is 1.67. The van der Waals surface area contributed by atoms with Gasteiger partial charge in [-0.25, -0.2) is 15.0 Å².